The smallest absolute Gasteiger partial charge is 0.411 e. The summed E-state index contributed by atoms with van der Waals surface area (Å²) in [5.74, 6) is 0.209. The first kappa shape index (κ1) is 13.7. The molecule has 0 amide bonds. The largest absolute Gasteiger partial charge is 0.466 e. The Hall–Kier alpha value is -1.34. The maximum absolute atomic E-state index is 11.7. The van der Waals surface area contributed by atoms with Crippen molar-refractivity contribution >= 4 is 0 Å². The van der Waals surface area contributed by atoms with Crippen molar-refractivity contribution in [1.29, 1.82) is 0 Å². The number of pyridine rings is 1. The molecule has 0 spiro atoms. The van der Waals surface area contributed by atoms with E-state index in [4.69, 9.17) is 9.84 Å². The Kier molecular flexibility index (Phi) is 4.71. The van der Waals surface area contributed by atoms with Crippen molar-refractivity contribution in [3.63, 3.8) is 0 Å². The van der Waals surface area contributed by atoms with Crippen molar-refractivity contribution in [2.75, 3.05) is 13.4 Å². The summed E-state index contributed by atoms with van der Waals surface area (Å²) in [5.41, 5.74) is 0.943. The predicted octanol–water partition coefficient (Wildman–Crippen LogP) is 1.80. The normalized spacial score (nSPS) is 11.6. The Bertz CT molecular complexity index is 368. The van der Waals surface area contributed by atoms with Crippen LogP contribution in [0.2, 0.25) is 0 Å². The molecular formula is C10H12F3NO3. The summed E-state index contributed by atoms with van der Waals surface area (Å²) in [7, 11) is 0. The Morgan fingerprint density at radius 1 is 1.35 bits per heavy atom. The number of hydrogen-bond acceptors (Lipinski definition) is 4. The van der Waals surface area contributed by atoms with Crippen LogP contribution in [0.4, 0.5) is 13.2 Å². The molecule has 0 aliphatic rings. The van der Waals surface area contributed by atoms with Crippen molar-refractivity contribution in [2.24, 2.45) is 0 Å². The zero-order valence-corrected chi connectivity index (χ0v) is 9.12. The molecule has 0 fully saturated rings. The number of nitrogens with zero attached hydrogens (tertiary/aromatic N) is 1. The van der Waals surface area contributed by atoms with Gasteiger partial charge in [-0.25, -0.2) is 0 Å². The molecule has 1 rings (SSSR count). The fraction of sp³-hybridized carbons (Fsp3) is 0.500. The second-order valence-electron chi connectivity index (χ2n) is 3.28. The highest BCUT2D eigenvalue weighted by molar-refractivity contribution is 5.28. The maximum Gasteiger partial charge on any atom is 0.411 e. The van der Waals surface area contributed by atoms with Crippen molar-refractivity contribution in [2.45, 2.75) is 19.7 Å². The Morgan fingerprint density at radius 3 is 2.65 bits per heavy atom. The van der Waals surface area contributed by atoms with Crippen LogP contribution >= 0.6 is 0 Å². The van der Waals surface area contributed by atoms with E-state index in [1.165, 1.54) is 6.07 Å². The van der Waals surface area contributed by atoms with Crippen LogP contribution in [-0.2, 0) is 11.3 Å². The van der Waals surface area contributed by atoms with Crippen molar-refractivity contribution in [3.8, 4) is 5.75 Å². The van der Waals surface area contributed by atoms with Crippen LogP contribution < -0.4 is 4.74 Å². The van der Waals surface area contributed by atoms with Gasteiger partial charge >= 0.3 is 6.18 Å². The molecule has 7 heteroatoms. The summed E-state index contributed by atoms with van der Waals surface area (Å²) >= 11 is 0. The highest BCUT2D eigenvalue weighted by Gasteiger charge is 2.27. The van der Waals surface area contributed by atoms with Gasteiger partial charge in [-0.3, -0.25) is 4.98 Å². The SMILES string of the molecule is Cc1ccc(OCOCC(F)(F)F)c(CO)n1. The van der Waals surface area contributed by atoms with Gasteiger partial charge in [-0.15, -0.1) is 0 Å². The second-order valence-corrected chi connectivity index (χ2v) is 3.28. The van der Waals surface area contributed by atoms with E-state index < -0.39 is 19.6 Å². The number of rotatable bonds is 5. The summed E-state index contributed by atoms with van der Waals surface area (Å²) in [4.78, 5) is 3.97. The van der Waals surface area contributed by atoms with Gasteiger partial charge in [0.2, 0.25) is 0 Å². The van der Waals surface area contributed by atoms with Gasteiger partial charge in [0.05, 0.1) is 6.61 Å². The third-order valence-electron chi connectivity index (χ3n) is 1.78. The summed E-state index contributed by atoms with van der Waals surface area (Å²) in [5, 5.41) is 8.97. The molecule has 1 aromatic heterocycles. The molecule has 0 radical (unpaired) electrons. The molecule has 0 saturated carbocycles. The van der Waals surface area contributed by atoms with Crippen molar-refractivity contribution < 1.29 is 27.8 Å². The Balaban J connectivity index is 2.46. The highest BCUT2D eigenvalue weighted by atomic mass is 19.4. The Morgan fingerprint density at radius 2 is 2.06 bits per heavy atom. The van der Waals surface area contributed by atoms with Gasteiger partial charge in [0, 0.05) is 5.69 Å². The summed E-state index contributed by atoms with van der Waals surface area (Å²) < 4.78 is 44.4. The molecule has 0 aliphatic heterocycles. The number of ether oxygens (including phenoxy) is 2. The van der Waals surface area contributed by atoms with Crippen LogP contribution in [0, 0.1) is 6.92 Å². The number of hydrogen-bond donors (Lipinski definition) is 1. The van der Waals surface area contributed by atoms with Gasteiger partial charge in [-0.2, -0.15) is 13.2 Å². The fourth-order valence-electron chi connectivity index (χ4n) is 1.10. The minimum Gasteiger partial charge on any atom is -0.466 e. The first-order chi connectivity index (χ1) is 7.92. The van der Waals surface area contributed by atoms with Crippen LogP contribution in [0.25, 0.3) is 0 Å². The molecule has 17 heavy (non-hydrogen) atoms. The molecule has 0 aromatic carbocycles. The van der Waals surface area contributed by atoms with Crippen molar-refractivity contribution in [1.82, 2.24) is 4.98 Å². The van der Waals surface area contributed by atoms with E-state index in [1.807, 2.05) is 0 Å². The third kappa shape index (κ3) is 5.01. The number of aliphatic hydroxyl groups excluding tert-OH is 1. The van der Waals surface area contributed by atoms with Crippen LogP contribution in [0.1, 0.15) is 11.4 Å². The van der Waals surface area contributed by atoms with Gasteiger partial charge in [-0.1, -0.05) is 0 Å². The van der Waals surface area contributed by atoms with E-state index >= 15 is 0 Å². The van der Waals surface area contributed by atoms with Gasteiger partial charge in [0.25, 0.3) is 0 Å². The minimum atomic E-state index is -4.38. The number of aliphatic hydroxyl groups is 1. The lowest BCUT2D eigenvalue weighted by Gasteiger charge is -2.11. The van der Waals surface area contributed by atoms with E-state index in [0.29, 0.717) is 5.69 Å². The Labute approximate surface area is 96.0 Å². The van der Waals surface area contributed by atoms with Crippen molar-refractivity contribution in [3.05, 3.63) is 23.5 Å². The average Bonchev–Trinajstić information content (AvgIpc) is 2.24. The van der Waals surface area contributed by atoms with Gasteiger partial charge in [0.15, 0.2) is 6.79 Å². The molecule has 0 aliphatic carbocycles. The van der Waals surface area contributed by atoms with E-state index in [9.17, 15) is 13.2 Å². The summed E-state index contributed by atoms with van der Waals surface area (Å²) in [6.45, 7) is -0.544. The van der Waals surface area contributed by atoms with Gasteiger partial charge in [0.1, 0.15) is 18.1 Å². The zero-order valence-electron chi connectivity index (χ0n) is 9.12. The lowest BCUT2D eigenvalue weighted by Crippen LogP contribution is -2.19. The first-order valence-corrected chi connectivity index (χ1v) is 4.77. The fourth-order valence-corrected chi connectivity index (χ4v) is 1.10. The lowest BCUT2D eigenvalue weighted by atomic mass is 10.3. The van der Waals surface area contributed by atoms with Crippen LogP contribution in [-0.4, -0.2) is 29.7 Å². The molecular weight excluding hydrogens is 239 g/mol. The molecule has 1 N–H and O–H groups in total. The quantitative estimate of drug-likeness (QED) is 0.640. The first-order valence-electron chi connectivity index (χ1n) is 4.77. The monoisotopic (exact) mass is 251 g/mol. The number of aryl methyl sites for hydroxylation is 1. The highest BCUT2D eigenvalue weighted by Crippen LogP contribution is 2.18. The van der Waals surface area contributed by atoms with Crippen LogP contribution in [0.15, 0.2) is 12.1 Å². The molecule has 0 bridgehead atoms. The van der Waals surface area contributed by atoms with E-state index in [-0.39, 0.29) is 18.1 Å². The average molecular weight is 251 g/mol. The molecule has 0 atom stereocenters. The predicted molar refractivity (Wildman–Crippen MR) is 52.4 cm³/mol. The van der Waals surface area contributed by atoms with E-state index in [0.717, 1.165) is 0 Å². The van der Waals surface area contributed by atoms with Crippen LogP contribution in [0.3, 0.4) is 0 Å². The lowest BCUT2D eigenvalue weighted by molar-refractivity contribution is -0.186. The van der Waals surface area contributed by atoms with Gasteiger partial charge in [-0.05, 0) is 19.1 Å². The molecule has 0 saturated heterocycles. The van der Waals surface area contributed by atoms with Gasteiger partial charge < -0.3 is 14.6 Å². The van der Waals surface area contributed by atoms with E-state index in [1.54, 1.807) is 13.0 Å². The standard InChI is InChI=1S/C10H12F3NO3/c1-7-2-3-9(8(4-15)14-7)17-6-16-5-10(11,12)13/h2-3,15H,4-6H2,1H3. The number of halogens is 3. The summed E-state index contributed by atoms with van der Waals surface area (Å²) in [6.07, 6.45) is -4.38. The molecule has 1 aromatic rings. The second kappa shape index (κ2) is 5.83. The summed E-state index contributed by atoms with van der Waals surface area (Å²) in [6, 6.07) is 3.14. The zero-order chi connectivity index (χ0) is 12.9. The third-order valence-corrected chi connectivity index (χ3v) is 1.78. The number of aromatic nitrogens is 1. The number of alkyl halides is 3. The van der Waals surface area contributed by atoms with Crippen LogP contribution in [0.5, 0.6) is 5.75 Å². The minimum absolute atomic E-state index is 0.209. The topological polar surface area (TPSA) is 51.6 Å². The molecule has 0 unspecified atom stereocenters. The van der Waals surface area contributed by atoms with E-state index in [2.05, 4.69) is 9.72 Å². The molecule has 96 valence electrons. The molecule has 1 heterocycles. The molecule has 4 nitrogen and oxygen atoms in total. The maximum atomic E-state index is 11.7.